The fraction of sp³-hybridized carbons (Fsp3) is 0.562. The van der Waals surface area contributed by atoms with E-state index in [-0.39, 0.29) is 15.8 Å². The maximum absolute atomic E-state index is 13.0. The number of halogens is 1. The fourth-order valence-electron chi connectivity index (χ4n) is 3.21. The number of hydrogen-bond donors (Lipinski definition) is 0. The van der Waals surface area contributed by atoms with Gasteiger partial charge in [-0.2, -0.15) is 4.31 Å². The van der Waals surface area contributed by atoms with E-state index in [1.165, 1.54) is 29.6 Å². The average molecular weight is 389 g/mol. The van der Waals surface area contributed by atoms with Gasteiger partial charge in [-0.05, 0) is 31.0 Å². The third-order valence-electron chi connectivity index (χ3n) is 4.54. The van der Waals surface area contributed by atoms with Gasteiger partial charge in [0, 0.05) is 19.6 Å². The number of sulfonamides is 1. The minimum atomic E-state index is -3.80. The van der Waals surface area contributed by atoms with Crippen LogP contribution in [-0.4, -0.2) is 69.5 Å². The van der Waals surface area contributed by atoms with E-state index < -0.39 is 16.1 Å². The molecule has 0 N–H and O–H groups in total. The highest BCUT2D eigenvalue weighted by molar-refractivity contribution is 7.89. The van der Waals surface area contributed by atoms with Gasteiger partial charge in [0.1, 0.15) is 11.8 Å². The molecule has 7 nitrogen and oxygen atoms in total. The van der Waals surface area contributed by atoms with Gasteiger partial charge in [-0.25, -0.2) is 8.42 Å². The van der Waals surface area contributed by atoms with Crippen LogP contribution in [0.5, 0.6) is 5.75 Å². The molecule has 2 aliphatic rings. The second-order valence-corrected chi connectivity index (χ2v) is 8.31. The molecule has 0 unspecified atom stereocenters. The van der Waals surface area contributed by atoms with Gasteiger partial charge in [0.15, 0.2) is 0 Å². The Morgan fingerprint density at radius 2 is 2.00 bits per heavy atom. The molecule has 0 radical (unpaired) electrons. The molecule has 1 aromatic rings. The van der Waals surface area contributed by atoms with Crippen LogP contribution in [0.1, 0.15) is 12.8 Å². The number of methoxy groups -OCH3 is 1. The Kier molecular flexibility index (Phi) is 5.52. The van der Waals surface area contributed by atoms with E-state index >= 15 is 0 Å². The molecule has 0 aliphatic carbocycles. The Bertz CT molecular complexity index is 749. The lowest BCUT2D eigenvalue weighted by molar-refractivity contribution is -0.138. The molecular formula is C16H21ClN2O5S. The Morgan fingerprint density at radius 3 is 2.64 bits per heavy atom. The number of ether oxygens (including phenoxy) is 2. The van der Waals surface area contributed by atoms with Crippen LogP contribution in [0.3, 0.4) is 0 Å². The average Bonchev–Trinajstić information content (AvgIpc) is 3.12. The molecule has 0 spiro atoms. The smallest absolute Gasteiger partial charge is 0.243 e. The summed E-state index contributed by atoms with van der Waals surface area (Å²) in [6.07, 6.45) is 1.18. The normalized spacial score (nSPS) is 22.2. The van der Waals surface area contributed by atoms with E-state index in [2.05, 4.69) is 0 Å². The monoisotopic (exact) mass is 388 g/mol. The van der Waals surface area contributed by atoms with Crippen LogP contribution in [0.15, 0.2) is 23.1 Å². The molecule has 0 aromatic heterocycles. The Morgan fingerprint density at radius 1 is 1.28 bits per heavy atom. The topological polar surface area (TPSA) is 76.2 Å². The molecular weight excluding hydrogens is 368 g/mol. The molecule has 2 saturated heterocycles. The van der Waals surface area contributed by atoms with Gasteiger partial charge < -0.3 is 14.4 Å². The highest BCUT2D eigenvalue weighted by atomic mass is 35.5. The molecule has 3 rings (SSSR count). The van der Waals surface area contributed by atoms with Crippen LogP contribution >= 0.6 is 11.6 Å². The number of rotatable bonds is 4. The predicted molar refractivity (Wildman–Crippen MR) is 92.3 cm³/mol. The Balaban J connectivity index is 1.85. The molecule has 1 aromatic carbocycles. The summed E-state index contributed by atoms with van der Waals surface area (Å²) in [5.74, 6) is 0.256. The molecule has 25 heavy (non-hydrogen) atoms. The van der Waals surface area contributed by atoms with Crippen molar-refractivity contribution in [3.8, 4) is 5.75 Å². The van der Waals surface area contributed by atoms with E-state index in [0.29, 0.717) is 51.4 Å². The first kappa shape index (κ1) is 18.4. The van der Waals surface area contributed by atoms with Crippen molar-refractivity contribution < 1.29 is 22.7 Å². The first-order valence-corrected chi connectivity index (χ1v) is 9.99. The van der Waals surface area contributed by atoms with Crippen LogP contribution < -0.4 is 4.74 Å². The second-order valence-electron chi connectivity index (χ2n) is 6.01. The van der Waals surface area contributed by atoms with E-state index in [9.17, 15) is 13.2 Å². The van der Waals surface area contributed by atoms with E-state index in [4.69, 9.17) is 21.1 Å². The molecule has 2 fully saturated rings. The third kappa shape index (κ3) is 3.62. The number of amides is 1. The van der Waals surface area contributed by atoms with Crippen molar-refractivity contribution in [1.29, 1.82) is 0 Å². The number of carbonyl (C=O) groups is 1. The zero-order valence-electron chi connectivity index (χ0n) is 14.0. The predicted octanol–water partition coefficient (Wildman–Crippen LogP) is 1.36. The SMILES string of the molecule is COc1ccc(S(=O)(=O)N2CCC[C@H]2C(=O)N2CCOCC2)cc1Cl. The molecule has 9 heteroatoms. The maximum atomic E-state index is 13.0. The summed E-state index contributed by atoms with van der Waals surface area (Å²) in [5.41, 5.74) is 0. The van der Waals surface area contributed by atoms with Crippen LogP contribution in [0.4, 0.5) is 0 Å². The minimum Gasteiger partial charge on any atom is -0.495 e. The van der Waals surface area contributed by atoms with Crippen molar-refractivity contribution in [3.63, 3.8) is 0 Å². The zero-order chi connectivity index (χ0) is 18.0. The summed E-state index contributed by atoms with van der Waals surface area (Å²) >= 11 is 6.07. The summed E-state index contributed by atoms with van der Waals surface area (Å²) in [4.78, 5) is 14.5. The molecule has 0 saturated carbocycles. The Labute approximate surface area is 152 Å². The Hall–Kier alpha value is -1.35. The van der Waals surface area contributed by atoms with Gasteiger partial charge >= 0.3 is 0 Å². The summed E-state index contributed by atoms with van der Waals surface area (Å²) in [5, 5.41) is 0.221. The standard InChI is InChI=1S/C16H21ClN2O5S/c1-23-15-5-4-12(11-13(15)17)25(21,22)19-6-2-3-14(19)16(20)18-7-9-24-10-8-18/h4-5,11,14H,2-3,6-10H2,1H3/t14-/m0/s1. The quantitative estimate of drug-likeness (QED) is 0.778. The van der Waals surface area contributed by atoms with E-state index in [1.807, 2.05) is 0 Å². The summed E-state index contributed by atoms with van der Waals surface area (Å²) in [6.45, 7) is 2.29. The number of nitrogens with zero attached hydrogens (tertiary/aromatic N) is 2. The van der Waals surface area contributed by atoms with Crippen molar-refractivity contribution in [2.75, 3.05) is 40.0 Å². The number of morpholine rings is 1. The molecule has 2 aliphatic heterocycles. The molecule has 2 heterocycles. The maximum Gasteiger partial charge on any atom is 0.243 e. The van der Waals surface area contributed by atoms with Crippen molar-refractivity contribution in [2.45, 2.75) is 23.8 Å². The van der Waals surface area contributed by atoms with Gasteiger partial charge in [0.05, 0.1) is 30.2 Å². The lowest BCUT2D eigenvalue weighted by Crippen LogP contribution is -2.50. The largest absolute Gasteiger partial charge is 0.495 e. The molecule has 1 atom stereocenters. The minimum absolute atomic E-state index is 0.0694. The lowest BCUT2D eigenvalue weighted by atomic mass is 10.2. The van der Waals surface area contributed by atoms with Gasteiger partial charge in [0.2, 0.25) is 15.9 Å². The van der Waals surface area contributed by atoms with Crippen LogP contribution in [0.25, 0.3) is 0 Å². The van der Waals surface area contributed by atoms with Crippen LogP contribution in [-0.2, 0) is 19.6 Å². The van der Waals surface area contributed by atoms with Gasteiger partial charge in [-0.3, -0.25) is 4.79 Å². The van der Waals surface area contributed by atoms with Crippen molar-refractivity contribution in [2.24, 2.45) is 0 Å². The zero-order valence-corrected chi connectivity index (χ0v) is 15.6. The lowest BCUT2D eigenvalue weighted by Gasteiger charge is -2.32. The molecule has 138 valence electrons. The van der Waals surface area contributed by atoms with Crippen molar-refractivity contribution in [1.82, 2.24) is 9.21 Å². The number of carbonyl (C=O) groups excluding carboxylic acids is 1. The fourth-order valence-corrected chi connectivity index (χ4v) is 5.21. The number of hydrogen-bond acceptors (Lipinski definition) is 5. The van der Waals surface area contributed by atoms with E-state index in [1.54, 1.807) is 4.90 Å². The van der Waals surface area contributed by atoms with Gasteiger partial charge in [0.25, 0.3) is 0 Å². The highest BCUT2D eigenvalue weighted by Crippen LogP contribution is 2.32. The highest BCUT2D eigenvalue weighted by Gasteiger charge is 2.41. The van der Waals surface area contributed by atoms with E-state index in [0.717, 1.165) is 0 Å². The summed E-state index contributed by atoms with van der Waals surface area (Å²) < 4.78 is 37.6. The molecule has 0 bridgehead atoms. The van der Waals surface area contributed by atoms with Gasteiger partial charge in [-0.15, -0.1) is 0 Å². The summed E-state index contributed by atoms with van der Waals surface area (Å²) in [6, 6.07) is 3.67. The van der Waals surface area contributed by atoms with Crippen LogP contribution in [0, 0.1) is 0 Å². The first-order chi connectivity index (χ1) is 11.9. The molecule has 1 amide bonds. The third-order valence-corrected chi connectivity index (χ3v) is 6.74. The first-order valence-electron chi connectivity index (χ1n) is 8.17. The second kappa shape index (κ2) is 7.49. The van der Waals surface area contributed by atoms with Crippen molar-refractivity contribution >= 4 is 27.5 Å². The van der Waals surface area contributed by atoms with Gasteiger partial charge in [-0.1, -0.05) is 11.6 Å². The summed E-state index contributed by atoms with van der Waals surface area (Å²) in [7, 11) is -2.34. The van der Waals surface area contributed by atoms with Crippen LogP contribution in [0.2, 0.25) is 5.02 Å². The van der Waals surface area contributed by atoms with Crippen molar-refractivity contribution in [3.05, 3.63) is 23.2 Å². The number of benzene rings is 1.